The first-order chi connectivity index (χ1) is 13.5. The molecule has 1 aromatic carbocycles. The topological polar surface area (TPSA) is 89.2 Å². The van der Waals surface area contributed by atoms with E-state index >= 15 is 0 Å². The Morgan fingerprint density at radius 2 is 1.93 bits per heavy atom. The van der Waals surface area contributed by atoms with Gasteiger partial charge in [-0.2, -0.15) is 0 Å². The molecule has 1 aliphatic rings. The lowest BCUT2D eigenvalue weighted by Gasteiger charge is -2.32. The van der Waals surface area contributed by atoms with Crippen LogP contribution in [0.15, 0.2) is 48.8 Å². The molecule has 142 valence electrons. The van der Waals surface area contributed by atoms with Crippen molar-refractivity contribution in [3.8, 4) is 0 Å². The van der Waals surface area contributed by atoms with Crippen LogP contribution in [0.25, 0.3) is 10.9 Å². The molecule has 0 unspecified atom stereocenters. The van der Waals surface area contributed by atoms with Gasteiger partial charge in [0.2, 0.25) is 0 Å². The summed E-state index contributed by atoms with van der Waals surface area (Å²) in [5, 5.41) is 0.543. The van der Waals surface area contributed by atoms with Crippen molar-refractivity contribution in [1.82, 2.24) is 14.9 Å². The van der Waals surface area contributed by atoms with E-state index in [1.165, 1.54) is 12.1 Å². The number of primary amides is 1. The lowest BCUT2D eigenvalue weighted by Crippen LogP contribution is -2.38. The zero-order chi connectivity index (χ0) is 19.7. The second kappa shape index (κ2) is 7.34. The zero-order valence-electron chi connectivity index (χ0n) is 15.1. The van der Waals surface area contributed by atoms with Crippen LogP contribution < -0.4 is 5.73 Å². The van der Waals surface area contributed by atoms with Gasteiger partial charge in [0, 0.05) is 36.8 Å². The molecule has 2 aromatic heterocycles. The molecule has 0 aliphatic carbocycles. The predicted molar refractivity (Wildman–Crippen MR) is 102 cm³/mol. The van der Waals surface area contributed by atoms with Crippen molar-refractivity contribution >= 4 is 22.7 Å². The maximum Gasteiger partial charge on any atom is 0.255 e. The molecular formula is C21H19FN4O2. The van der Waals surface area contributed by atoms with Gasteiger partial charge >= 0.3 is 0 Å². The smallest absolute Gasteiger partial charge is 0.255 e. The summed E-state index contributed by atoms with van der Waals surface area (Å²) in [6.07, 6.45) is 4.53. The number of aromatic nitrogens is 2. The van der Waals surface area contributed by atoms with Crippen LogP contribution in [0, 0.1) is 5.82 Å². The Balaban J connectivity index is 1.58. The van der Waals surface area contributed by atoms with E-state index in [0.29, 0.717) is 53.7 Å². The van der Waals surface area contributed by atoms with Crippen LogP contribution in [0.5, 0.6) is 0 Å². The van der Waals surface area contributed by atoms with Gasteiger partial charge in [-0.05, 0) is 49.2 Å². The summed E-state index contributed by atoms with van der Waals surface area (Å²) in [5.74, 6) is -1.01. The molecule has 4 rings (SSSR count). The number of amides is 2. The number of pyridine rings is 2. The predicted octanol–water partition coefficient (Wildman–Crippen LogP) is 2.89. The van der Waals surface area contributed by atoms with Crippen LogP contribution >= 0.6 is 0 Å². The minimum absolute atomic E-state index is 0.00917. The summed E-state index contributed by atoms with van der Waals surface area (Å²) in [7, 11) is 0. The molecule has 6 nitrogen and oxygen atoms in total. The molecule has 1 saturated heterocycles. The number of likely N-dealkylation sites (tertiary alicyclic amines) is 1. The second-order valence-corrected chi connectivity index (χ2v) is 6.93. The summed E-state index contributed by atoms with van der Waals surface area (Å²) in [6.45, 7) is 1.11. The van der Waals surface area contributed by atoms with Gasteiger partial charge in [0.05, 0.1) is 22.3 Å². The van der Waals surface area contributed by atoms with Crippen molar-refractivity contribution in [3.05, 3.63) is 71.4 Å². The molecule has 2 N–H and O–H groups in total. The van der Waals surface area contributed by atoms with Gasteiger partial charge in [0.25, 0.3) is 11.8 Å². The monoisotopic (exact) mass is 378 g/mol. The number of hydrogen-bond donors (Lipinski definition) is 1. The fraction of sp³-hybridized carbons (Fsp3) is 0.238. The Bertz CT molecular complexity index is 1050. The molecule has 0 spiro atoms. The van der Waals surface area contributed by atoms with Crippen molar-refractivity contribution in [2.45, 2.75) is 18.8 Å². The molecule has 2 amide bonds. The largest absolute Gasteiger partial charge is 0.366 e. The molecule has 0 bridgehead atoms. The minimum atomic E-state index is -0.581. The van der Waals surface area contributed by atoms with Crippen LogP contribution in [-0.2, 0) is 0 Å². The molecule has 1 aliphatic heterocycles. The first kappa shape index (κ1) is 18.0. The third-order valence-electron chi connectivity index (χ3n) is 5.15. The van der Waals surface area contributed by atoms with Crippen molar-refractivity contribution < 1.29 is 14.0 Å². The van der Waals surface area contributed by atoms with E-state index in [2.05, 4.69) is 9.97 Å². The minimum Gasteiger partial charge on any atom is -0.366 e. The molecule has 28 heavy (non-hydrogen) atoms. The highest BCUT2D eigenvalue weighted by atomic mass is 19.1. The van der Waals surface area contributed by atoms with Crippen molar-refractivity contribution in [3.63, 3.8) is 0 Å². The Morgan fingerprint density at radius 1 is 1.14 bits per heavy atom. The number of fused-ring (bicyclic) bond motifs is 1. The van der Waals surface area contributed by atoms with Crippen LogP contribution in [0.4, 0.5) is 4.39 Å². The summed E-state index contributed by atoms with van der Waals surface area (Å²) < 4.78 is 13.5. The second-order valence-electron chi connectivity index (χ2n) is 6.93. The lowest BCUT2D eigenvalue weighted by atomic mass is 9.89. The van der Waals surface area contributed by atoms with E-state index in [9.17, 15) is 14.0 Å². The van der Waals surface area contributed by atoms with Crippen LogP contribution in [0.3, 0.4) is 0 Å². The Kier molecular flexibility index (Phi) is 4.73. The van der Waals surface area contributed by atoms with Gasteiger partial charge in [-0.15, -0.1) is 0 Å². The fourth-order valence-electron chi connectivity index (χ4n) is 3.70. The van der Waals surface area contributed by atoms with Gasteiger partial charge in [-0.3, -0.25) is 19.6 Å². The maximum atomic E-state index is 13.5. The molecule has 1 fully saturated rings. The Morgan fingerprint density at radius 3 is 2.61 bits per heavy atom. The van der Waals surface area contributed by atoms with E-state index in [4.69, 9.17) is 5.73 Å². The lowest BCUT2D eigenvalue weighted by molar-refractivity contribution is 0.0710. The number of carbonyl (C=O) groups is 2. The van der Waals surface area contributed by atoms with Gasteiger partial charge in [-0.25, -0.2) is 4.39 Å². The van der Waals surface area contributed by atoms with Crippen molar-refractivity contribution in [1.29, 1.82) is 0 Å². The standard InChI is InChI=1S/C21H19FN4O2/c22-16-3-4-18-15(10-16)11-17(20(23)27)19(25-18)13-5-8-26(9-6-13)21(28)14-2-1-7-24-12-14/h1-4,7,10-13H,5-6,8-9H2,(H2,23,27). The quantitative estimate of drug-likeness (QED) is 0.759. The van der Waals surface area contributed by atoms with Crippen molar-refractivity contribution in [2.24, 2.45) is 5.73 Å². The summed E-state index contributed by atoms with van der Waals surface area (Å²) in [4.78, 5) is 34.9. The average Bonchev–Trinajstić information content (AvgIpc) is 2.73. The molecule has 0 radical (unpaired) electrons. The summed E-state index contributed by atoms with van der Waals surface area (Å²) >= 11 is 0. The third-order valence-corrected chi connectivity index (χ3v) is 5.15. The molecule has 3 aromatic rings. The highest BCUT2D eigenvalue weighted by Gasteiger charge is 2.28. The van der Waals surface area contributed by atoms with Gasteiger partial charge in [-0.1, -0.05) is 0 Å². The maximum absolute atomic E-state index is 13.5. The number of nitrogens with zero attached hydrogens (tertiary/aromatic N) is 3. The number of hydrogen-bond acceptors (Lipinski definition) is 4. The fourth-order valence-corrected chi connectivity index (χ4v) is 3.70. The number of carbonyl (C=O) groups excluding carboxylic acids is 2. The number of halogens is 1. The average molecular weight is 378 g/mol. The Hall–Kier alpha value is -3.35. The molecule has 7 heteroatoms. The first-order valence-electron chi connectivity index (χ1n) is 9.12. The van der Waals surface area contributed by atoms with Gasteiger partial charge < -0.3 is 10.6 Å². The summed E-state index contributed by atoms with van der Waals surface area (Å²) in [6, 6.07) is 9.37. The normalized spacial score (nSPS) is 15.0. The molecule has 3 heterocycles. The van der Waals surface area contributed by atoms with Crippen LogP contribution in [0.1, 0.15) is 45.2 Å². The van der Waals surface area contributed by atoms with E-state index < -0.39 is 5.91 Å². The first-order valence-corrected chi connectivity index (χ1v) is 9.12. The molecule has 0 saturated carbocycles. The van der Waals surface area contributed by atoms with Gasteiger partial charge in [0.15, 0.2) is 0 Å². The van der Waals surface area contributed by atoms with Crippen LogP contribution in [-0.4, -0.2) is 39.8 Å². The van der Waals surface area contributed by atoms with E-state index in [1.54, 1.807) is 41.6 Å². The van der Waals surface area contributed by atoms with E-state index in [-0.39, 0.29) is 17.6 Å². The van der Waals surface area contributed by atoms with E-state index in [0.717, 1.165) is 0 Å². The zero-order valence-corrected chi connectivity index (χ0v) is 15.1. The number of piperidine rings is 1. The van der Waals surface area contributed by atoms with E-state index in [1.807, 2.05) is 0 Å². The SMILES string of the molecule is NC(=O)c1cc2cc(F)ccc2nc1C1CCN(C(=O)c2cccnc2)CC1. The Labute approximate surface area is 161 Å². The summed E-state index contributed by atoms with van der Waals surface area (Å²) in [5.41, 5.74) is 7.68. The van der Waals surface area contributed by atoms with Crippen molar-refractivity contribution in [2.75, 3.05) is 13.1 Å². The highest BCUT2D eigenvalue weighted by Crippen LogP contribution is 2.31. The highest BCUT2D eigenvalue weighted by molar-refractivity contribution is 5.98. The van der Waals surface area contributed by atoms with Gasteiger partial charge in [0.1, 0.15) is 5.82 Å². The molecule has 0 atom stereocenters. The molecular weight excluding hydrogens is 359 g/mol. The number of benzene rings is 1. The number of rotatable bonds is 3. The number of nitrogens with two attached hydrogens (primary N) is 1. The third kappa shape index (κ3) is 3.43. The van der Waals surface area contributed by atoms with Crippen LogP contribution in [0.2, 0.25) is 0 Å².